The Morgan fingerprint density at radius 1 is 0.632 bits per heavy atom. The second-order valence-electron chi connectivity index (χ2n) is 10.3. The summed E-state index contributed by atoms with van der Waals surface area (Å²) in [4.78, 5) is 24.7. The number of carbonyl (C=O) groups is 2. The van der Waals surface area contributed by atoms with Crippen molar-refractivity contribution in [1.29, 1.82) is 0 Å². The predicted octanol–water partition coefficient (Wildman–Crippen LogP) is 9.15. The second kappa shape index (κ2) is 17.1. The zero-order chi connectivity index (χ0) is 27.8. The highest BCUT2D eigenvalue weighted by molar-refractivity contribution is 6.08. The minimum atomic E-state index is -0.267. The topological polar surface area (TPSA) is 43.4 Å². The molecule has 2 aromatic carbocycles. The van der Waals surface area contributed by atoms with E-state index in [4.69, 9.17) is 4.74 Å². The Kier molecular flexibility index (Phi) is 13.9. The lowest BCUT2D eigenvalue weighted by Gasteiger charge is -2.06. The van der Waals surface area contributed by atoms with Gasteiger partial charge in [0.05, 0.1) is 6.42 Å². The molecule has 0 saturated carbocycles. The summed E-state index contributed by atoms with van der Waals surface area (Å²) in [6, 6.07) is 16.3. The summed E-state index contributed by atoms with van der Waals surface area (Å²) in [6.07, 6.45) is 15.6. The quantitative estimate of drug-likeness (QED) is 0.136. The summed E-state index contributed by atoms with van der Waals surface area (Å²) < 4.78 is 5.40. The van der Waals surface area contributed by atoms with E-state index >= 15 is 0 Å². The van der Waals surface area contributed by atoms with Gasteiger partial charge in [0.1, 0.15) is 6.61 Å². The van der Waals surface area contributed by atoms with E-state index < -0.39 is 0 Å². The van der Waals surface area contributed by atoms with Gasteiger partial charge in [0.15, 0.2) is 5.78 Å². The molecule has 0 atom stereocenters. The average Bonchev–Trinajstić information content (AvgIpc) is 2.89. The first-order valence-corrected chi connectivity index (χ1v) is 13.7. The smallest absolute Gasteiger partial charge is 0.310 e. The van der Waals surface area contributed by atoms with Crippen molar-refractivity contribution in [1.82, 2.24) is 0 Å². The van der Waals surface area contributed by atoms with Crippen LogP contribution in [0.25, 0.3) is 0 Å². The molecule has 0 fully saturated rings. The molecule has 0 aliphatic carbocycles. The third-order valence-electron chi connectivity index (χ3n) is 6.43. The Morgan fingerprint density at radius 2 is 1.13 bits per heavy atom. The molecule has 38 heavy (non-hydrogen) atoms. The molecule has 2 aromatic rings. The Hall–Kier alpha value is -3.46. The van der Waals surface area contributed by atoms with Crippen molar-refractivity contribution < 1.29 is 14.3 Å². The van der Waals surface area contributed by atoms with Gasteiger partial charge in [0.2, 0.25) is 0 Å². The highest BCUT2D eigenvalue weighted by Crippen LogP contribution is 2.14. The van der Waals surface area contributed by atoms with Crippen LogP contribution in [0.3, 0.4) is 0 Å². The van der Waals surface area contributed by atoms with Gasteiger partial charge in [-0.15, -0.1) is 0 Å². The van der Waals surface area contributed by atoms with E-state index in [9.17, 15) is 9.59 Å². The van der Waals surface area contributed by atoms with Crippen LogP contribution in [-0.2, 0) is 16.0 Å². The molecule has 0 amide bonds. The largest absolute Gasteiger partial charge is 0.461 e. The molecule has 202 valence electrons. The standard InChI is InChI=1S/C35H44O3/c1-27(2)12-9-13-28(3)14-10-15-29(4)16-11-17-30(5)24-25-38-34(36)26-31-20-22-33(23-21-31)35(37)32-18-7-6-8-19-32/h6-8,12,14,16,18-24H,9-11,13,15,17,25-26H2,1-5H3/b28-14+,29-16+,30-24+. The summed E-state index contributed by atoms with van der Waals surface area (Å²) in [7, 11) is 0. The van der Waals surface area contributed by atoms with Gasteiger partial charge in [-0.25, -0.2) is 0 Å². The molecule has 0 saturated heterocycles. The van der Waals surface area contributed by atoms with Gasteiger partial charge >= 0.3 is 5.97 Å². The van der Waals surface area contributed by atoms with E-state index in [0.29, 0.717) is 11.1 Å². The maximum Gasteiger partial charge on any atom is 0.310 e. The molecule has 0 N–H and O–H groups in total. The van der Waals surface area contributed by atoms with Crippen LogP contribution in [0, 0.1) is 0 Å². The van der Waals surface area contributed by atoms with Crippen molar-refractivity contribution in [2.75, 3.05) is 6.61 Å². The molecule has 3 nitrogen and oxygen atoms in total. The number of carbonyl (C=O) groups excluding carboxylic acids is 2. The molecule has 0 spiro atoms. The third-order valence-corrected chi connectivity index (χ3v) is 6.43. The summed E-state index contributed by atoms with van der Waals surface area (Å²) in [5.41, 5.74) is 7.60. The lowest BCUT2D eigenvalue weighted by molar-refractivity contribution is -0.141. The summed E-state index contributed by atoms with van der Waals surface area (Å²) >= 11 is 0. The third kappa shape index (κ3) is 12.7. The minimum Gasteiger partial charge on any atom is -0.461 e. The van der Waals surface area contributed by atoms with Crippen LogP contribution < -0.4 is 0 Å². The predicted molar refractivity (Wildman–Crippen MR) is 159 cm³/mol. The zero-order valence-electron chi connectivity index (χ0n) is 23.9. The molecule has 0 aliphatic rings. The Morgan fingerprint density at radius 3 is 1.68 bits per heavy atom. The van der Waals surface area contributed by atoms with Gasteiger partial charge in [-0.05, 0) is 84.8 Å². The number of ether oxygens (including phenoxy) is 1. The van der Waals surface area contributed by atoms with E-state index in [1.807, 2.05) is 36.4 Å². The van der Waals surface area contributed by atoms with Crippen LogP contribution in [-0.4, -0.2) is 18.4 Å². The summed E-state index contributed by atoms with van der Waals surface area (Å²) in [6.45, 7) is 11.1. The van der Waals surface area contributed by atoms with Crippen molar-refractivity contribution in [3.63, 3.8) is 0 Å². The van der Waals surface area contributed by atoms with Gasteiger partial charge in [0.25, 0.3) is 0 Å². The fourth-order valence-electron chi connectivity index (χ4n) is 4.01. The van der Waals surface area contributed by atoms with Gasteiger partial charge in [-0.1, -0.05) is 95.1 Å². The molecule has 0 aromatic heterocycles. The zero-order valence-corrected chi connectivity index (χ0v) is 23.9. The van der Waals surface area contributed by atoms with E-state index in [1.54, 1.807) is 24.3 Å². The van der Waals surface area contributed by atoms with Crippen molar-refractivity contribution >= 4 is 11.8 Å². The lowest BCUT2D eigenvalue weighted by atomic mass is 10.0. The number of ketones is 1. The number of hydrogen-bond donors (Lipinski definition) is 0. The van der Waals surface area contributed by atoms with Gasteiger partial charge in [-0.3, -0.25) is 9.59 Å². The molecule has 0 radical (unpaired) electrons. The van der Waals surface area contributed by atoms with E-state index in [1.165, 1.54) is 22.3 Å². The Balaban J connectivity index is 1.66. The van der Waals surface area contributed by atoms with Crippen LogP contribution in [0.15, 0.2) is 101 Å². The molecule has 2 rings (SSSR count). The van der Waals surface area contributed by atoms with Crippen LogP contribution >= 0.6 is 0 Å². The summed E-state index contributed by atoms with van der Waals surface area (Å²) in [5.74, 6) is -0.292. The molecule has 0 unspecified atom stereocenters. The highest BCUT2D eigenvalue weighted by atomic mass is 16.5. The normalized spacial score (nSPS) is 12.3. The van der Waals surface area contributed by atoms with E-state index in [0.717, 1.165) is 44.1 Å². The maximum atomic E-state index is 12.5. The van der Waals surface area contributed by atoms with Gasteiger partial charge in [-0.2, -0.15) is 0 Å². The first kappa shape index (κ1) is 30.8. The molecule has 3 heteroatoms. The maximum absolute atomic E-state index is 12.5. The fraction of sp³-hybridized carbons (Fsp3) is 0.371. The highest BCUT2D eigenvalue weighted by Gasteiger charge is 2.10. The average molecular weight is 513 g/mol. The van der Waals surface area contributed by atoms with Crippen LogP contribution in [0.4, 0.5) is 0 Å². The minimum absolute atomic E-state index is 0.0250. The monoisotopic (exact) mass is 512 g/mol. The molecule has 0 aliphatic heterocycles. The molecular weight excluding hydrogens is 468 g/mol. The lowest BCUT2D eigenvalue weighted by Crippen LogP contribution is -2.08. The Bertz CT molecular complexity index is 1140. The number of benzene rings is 2. The van der Waals surface area contributed by atoms with Gasteiger partial charge < -0.3 is 4.74 Å². The SMILES string of the molecule is CC(C)=CCC/C(C)=C/CC/C(C)=C/CC/C(C)=C/COC(=O)Cc1ccc(C(=O)c2ccccc2)cc1. The van der Waals surface area contributed by atoms with E-state index in [2.05, 4.69) is 52.8 Å². The van der Waals surface area contributed by atoms with Crippen molar-refractivity contribution in [3.05, 3.63) is 118 Å². The number of allylic oxidation sites excluding steroid dienone is 7. The van der Waals surface area contributed by atoms with Crippen LogP contribution in [0.5, 0.6) is 0 Å². The fourth-order valence-corrected chi connectivity index (χ4v) is 4.01. The van der Waals surface area contributed by atoms with E-state index in [-0.39, 0.29) is 24.8 Å². The van der Waals surface area contributed by atoms with Crippen LogP contribution in [0.1, 0.15) is 94.6 Å². The molecule has 0 bridgehead atoms. The first-order chi connectivity index (χ1) is 18.2. The molecular formula is C35H44O3. The van der Waals surface area contributed by atoms with Crippen molar-refractivity contribution in [3.8, 4) is 0 Å². The summed E-state index contributed by atoms with van der Waals surface area (Å²) in [5, 5.41) is 0. The van der Waals surface area contributed by atoms with Crippen molar-refractivity contribution in [2.45, 2.75) is 79.6 Å². The number of rotatable bonds is 15. The van der Waals surface area contributed by atoms with Crippen LogP contribution in [0.2, 0.25) is 0 Å². The molecule has 0 heterocycles. The van der Waals surface area contributed by atoms with Crippen molar-refractivity contribution in [2.24, 2.45) is 0 Å². The second-order valence-corrected chi connectivity index (χ2v) is 10.3. The number of hydrogen-bond acceptors (Lipinski definition) is 3. The Labute approximate surface area is 230 Å². The first-order valence-electron chi connectivity index (χ1n) is 13.7. The van der Waals surface area contributed by atoms with Gasteiger partial charge in [0, 0.05) is 11.1 Å². The number of esters is 1.